The highest BCUT2D eigenvalue weighted by Crippen LogP contribution is 2.33. The number of aliphatic hydroxyl groups excluding tert-OH is 1. The monoisotopic (exact) mass is 418 g/mol. The van der Waals surface area contributed by atoms with Crippen LogP contribution in [0.1, 0.15) is 35.3 Å². The summed E-state index contributed by atoms with van der Waals surface area (Å²) in [5.41, 5.74) is 0.243. The summed E-state index contributed by atoms with van der Waals surface area (Å²) in [6, 6.07) is 10.0. The van der Waals surface area contributed by atoms with Crippen LogP contribution in [-0.2, 0) is 6.18 Å². The minimum atomic E-state index is -4.60. The van der Waals surface area contributed by atoms with Gasteiger partial charge in [0.2, 0.25) is 0 Å². The van der Waals surface area contributed by atoms with Crippen molar-refractivity contribution in [3.05, 3.63) is 66.1 Å². The third kappa shape index (κ3) is 5.24. The number of halogens is 3. The molecule has 0 fully saturated rings. The molecular formula is C21H21F3N4O2. The van der Waals surface area contributed by atoms with E-state index in [1.165, 1.54) is 36.7 Å². The normalized spacial score (nSPS) is 11.5. The fourth-order valence-corrected chi connectivity index (χ4v) is 2.91. The highest BCUT2D eigenvalue weighted by molar-refractivity contribution is 5.94. The Morgan fingerprint density at radius 2 is 1.87 bits per heavy atom. The lowest BCUT2D eigenvalue weighted by Gasteiger charge is -2.11. The Morgan fingerprint density at radius 3 is 2.50 bits per heavy atom. The van der Waals surface area contributed by atoms with E-state index in [9.17, 15) is 18.0 Å². The standard InChI is InChI=1S/C21H21F3N4O2/c22-21(23,24)19-13-18(16-5-4-10-25-14-16)27-28(19)17-8-6-15(7-9-17)20(30)26-11-2-1-3-12-29/h4-10,13-14,29H,1-3,11-12H2,(H,26,30). The van der Waals surface area contributed by atoms with Crippen LogP contribution in [0.3, 0.4) is 0 Å². The maximum Gasteiger partial charge on any atom is 0.433 e. The molecule has 1 amide bonds. The first-order valence-electron chi connectivity index (χ1n) is 9.47. The van der Waals surface area contributed by atoms with Gasteiger partial charge in [-0.1, -0.05) is 0 Å². The van der Waals surface area contributed by atoms with Crippen LogP contribution < -0.4 is 5.32 Å². The Hall–Kier alpha value is -3.20. The first-order chi connectivity index (χ1) is 14.4. The Labute approximate surface area is 171 Å². The largest absolute Gasteiger partial charge is 0.433 e. The number of amides is 1. The molecule has 0 aliphatic heterocycles. The second-order valence-corrected chi connectivity index (χ2v) is 6.65. The van der Waals surface area contributed by atoms with E-state index < -0.39 is 11.9 Å². The number of benzene rings is 1. The molecule has 0 radical (unpaired) electrons. The molecule has 2 heterocycles. The number of pyridine rings is 1. The summed E-state index contributed by atoms with van der Waals surface area (Å²) in [6.45, 7) is 0.581. The number of hydrogen-bond donors (Lipinski definition) is 2. The third-order valence-electron chi connectivity index (χ3n) is 4.45. The molecule has 0 unspecified atom stereocenters. The smallest absolute Gasteiger partial charge is 0.396 e. The maximum absolute atomic E-state index is 13.5. The predicted octanol–water partition coefficient (Wildman–Crippen LogP) is 3.85. The number of unbranched alkanes of at least 4 members (excludes halogenated alkanes) is 2. The van der Waals surface area contributed by atoms with E-state index in [0.29, 0.717) is 24.1 Å². The number of aromatic nitrogens is 3. The van der Waals surface area contributed by atoms with Crippen molar-refractivity contribution in [3.8, 4) is 16.9 Å². The number of alkyl halides is 3. The van der Waals surface area contributed by atoms with E-state index in [1.54, 1.807) is 12.1 Å². The van der Waals surface area contributed by atoms with Gasteiger partial charge in [0.05, 0.1) is 11.4 Å². The van der Waals surface area contributed by atoms with Crippen LogP contribution in [0.4, 0.5) is 13.2 Å². The number of carbonyl (C=O) groups excluding carboxylic acids is 1. The highest BCUT2D eigenvalue weighted by Gasteiger charge is 2.36. The van der Waals surface area contributed by atoms with Gasteiger partial charge in [-0.05, 0) is 61.7 Å². The number of nitrogens with zero attached hydrogens (tertiary/aromatic N) is 3. The summed E-state index contributed by atoms with van der Waals surface area (Å²) in [5.74, 6) is -0.307. The van der Waals surface area contributed by atoms with Crippen LogP contribution in [0, 0.1) is 0 Å². The van der Waals surface area contributed by atoms with E-state index in [1.807, 2.05) is 0 Å². The Bertz CT molecular complexity index is 970. The van der Waals surface area contributed by atoms with Crippen LogP contribution in [-0.4, -0.2) is 38.9 Å². The highest BCUT2D eigenvalue weighted by atomic mass is 19.4. The average molecular weight is 418 g/mol. The topological polar surface area (TPSA) is 80.0 Å². The SMILES string of the molecule is O=C(NCCCCCO)c1ccc(-n2nc(-c3cccnc3)cc2C(F)(F)F)cc1. The molecule has 2 aromatic heterocycles. The van der Waals surface area contributed by atoms with Crippen molar-refractivity contribution < 1.29 is 23.1 Å². The number of carbonyl (C=O) groups is 1. The molecule has 0 saturated carbocycles. The van der Waals surface area contributed by atoms with E-state index in [4.69, 9.17) is 5.11 Å². The minimum Gasteiger partial charge on any atom is -0.396 e. The van der Waals surface area contributed by atoms with Crippen molar-refractivity contribution in [2.24, 2.45) is 0 Å². The average Bonchev–Trinajstić information content (AvgIpc) is 3.20. The van der Waals surface area contributed by atoms with Crippen LogP contribution in [0.5, 0.6) is 0 Å². The quantitative estimate of drug-likeness (QED) is 0.545. The molecule has 2 N–H and O–H groups in total. The van der Waals surface area contributed by atoms with Crippen LogP contribution in [0.2, 0.25) is 0 Å². The van der Waals surface area contributed by atoms with Crippen LogP contribution in [0.25, 0.3) is 16.9 Å². The summed E-state index contributed by atoms with van der Waals surface area (Å²) in [7, 11) is 0. The molecule has 1 aromatic carbocycles. The molecule has 0 saturated heterocycles. The van der Waals surface area contributed by atoms with Crippen molar-refractivity contribution in [1.82, 2.24) is 20.1 Å². The number of nitrogens with one attached hydrogen (secondary N) is 1. The summed E-state index contributed by atoms with van der Waals surface area (Å²) < 4.78 is 41.4. The van der Waals surface area contributed by atoms with Crippen molar-refractivity contribution in [3.63, 3.8) is 0 Å². The number of hydrogen-bond acceptors (Lipinski definition) is 4. The van der Waals surface area contributed by atoms with Gasteiger partial charge in [-0.2, -0.15) is 18.3 Å². The molecule has 3 aromatic rings. The second-order valence-electron chi connectivity index (χ2n) is 6.65. The van der Waals surface area contributed by atoms with Gasteiger partial charge in [-0.3, -0.25) is 9.78 Å². The first kappa shape index (κ1) is 21.5. The molecule has 9 heteroatoms. The zero-order valence-corrected chi connectivity index (χ0v) is 16.1. The zero-order valence-electron chi connectivity index (χ0n) is 16.1. The molecule has 0 atom stereocenters. The maximum atomic E-state index is 13.5. The fraction of sp³-hybridized carbons (Fsp3) is 0.286. The summed E-state index contributed by atoms with van der Waals surface area (Å²) in [4.78, 5) is 16.1. The minimum absolute atomic E-state index is 0.116. The number of aliphatic hydroxyl groups is 1. The summed E-state index contributed by atoms with van der Waals surface area (Å²) in [6.07, 6.45) is 0.593. The molecule has 30 heavy (non-hydrogen) atoms. The lowest BCUT2D eigenvalue weighted by Crippen LogP contribution is -2.24. The van der Waals surface area contributed by atoms with Gasteiger partial charge in [0.25, 0.3) is 5.91 Å². The Morgan fingerprint density at radius 1 is 1.10 bits per heavy atom. The van der Waals surface area contributed by atoms with Gasteiger partial charge in [-0.25, -0.2) is 4.68 Å². The van der Waals surface area contributed by atoms with Gasteiger partial charge < -0.3 is 10.4 Å². The predicted molar refractivity (Wildman–Crippen MR) is 105 cm³/mol. The van der Waals surface area contributed by atoms with Crippen molar-refractivity contribution in [2.75, 3.05) is 13.2 Å². The van der Waals surface area contributed by atoms with Gasteiger partial charge in [0.15, 0.2) is 0 Å². The van der Waals surface area contributed by atoms with Crippen molar-refractivity contribution in [2.45, 2.75) is 25.4 Å². The van der Waals surface area contributed by atoms with E-state index in [-0.39, 0.29) is 23.9 Å². The zero-order chi connectivity index (χ0) is 21.6. The molecule has 0 aliphatic carbocycles. The van der Waals surface area contributed by atoms with E-state index in [2.05, 4.69) is 15.4 Å². The van der Waals surface area contributed by atoms with E-state index >= 15 is 0 Å². The van der Waals surface area contributed by atoms with Gasteiger partial charge in [0, 0.05) is 36.7 Å². The number of rotatable bonds is 8. The molecule has 0 aliphatic rings. The summed E-state index contributed by atoms with van der Waals surface area (Å²) in [5, 5.41) is 15.6. The lowest BCUT2D eigenvalue weighted by molar-refractivity contribution is -0.142. The van der Waals surface area contributed by atoms with Crippen LogP contribution >= 0.6 is 0 Å². The molecule has 0 bridgehead atoms. The fourth-order valence-electron chi connectivity index (χ4n) is 2.91. The van der Waals surface area contributed by atoms with Gasteiger partial charge in [0.1, 0.15) is 5.69 Å². The molecule has 158 valence electrons. The molecular weight excluding hydrogens is 397 g/mol. The molecule has 0 spiro atoms. The van der Waals surface area contributed by atoms with E-state index in [0.717, 1.165) is 23.6 Å². The summed E-state index contributed by atoms with van der Waals surface area (Å²) >= 11 is 0. The van der Waals surface area contributed by atoms with Crippen LogP contribution in [0.15, 0.2) is 54.9 Å². The Kier molecular flexibility index (Phi) is 6.83. The van der Waals surface area contributed by atoms with Crippen molar-refractivity contribution >= 4 is 5.91 Å². The molecule has 3 rings (SSSR count). The van der Waals surface area contributed by atoms with Gasteiger partial charge >= 0.3 is 6.18 Å². The van der Waals surface area contributed by atoms with Crippen molar-refractivity contribution in [1.29, 1.82) is 0 Å². The Balaban J connectivity index is 1.80. The third-order valence-corrected chi connectivity index (χ3v) is 4.45. The second kappa shape index (κ2) is 9.53. The lowest BCUT2D eigenvalue weighted by atomic mass is 10.2. The van der Waals surface area contributed by atoms with Gasteiger partial charge in [-0.15, -0.1) is 0 Å². The first-order valence-corrected chi connectivity index (χ1v) is 9.47. The molecule has 6 nitrogen and oxygen atoms in total.